The predicted molar refractivity (Wildman–Crippen MR) is 231 cm³/mol. The van der Waals surface area contributed by atoms with E-state index >= 15 is 0 Å². The molecule has 0 amide bonds. The van der Waals surface area contributed by atoms with Gasteiger partial charge in [0.05, 0.1) is 0 Å². The van der Waals surface area contributed by atoms with E-state index in [-0.39, 0.29) is 22.5 Å². The molecule has 0 radical (unpaired) electrons. The maximum atomic E-state index is 13.1. The quantitative estimate of drug-likeness (QED) is 0.0735. The van der Waals surface area contributed by atoms with Gasteiger partial charge in [-0.25, -0.2) is 0 Å². The second-order valence-corrected chi connectivity index (χ2v) is 17.9. The molecule has 0 fully saturated rings. The first-order chi connectivity index (χ1) is 25.6. The summed E-state index contributed by atoms with van der Waals surface area (Å²) in [5.41, 5.74) is 13.8. The fraction of sp³-hybridized carbons (Fsp3) is 0.520. The van der Waals surface area contributed by atoms with Crippen molar-refractivity contribution >= 4 is 22.9 Å². The molecule has 0 saturated carbocycles. The molecule has 3 rings (SSSR count). The number of hydrogen-bond donors (Lipinski definition) is 1. The number of carbonyl (C=O) groups is 2. The number of ketones is 2. The van der Waals surface area contributed by atoms with Crippen LogP contribution in [0.25, 0.3) is 11.3 Å². The fourth-order valence-corrected chi connectivity index (χ4v) is 7.20. The van der Waals surface area contributed by atoms with Crippen LogP contribution in [0.15, 0.2) is 79.9 Å². The van der Waals surface area contributed by atoms with Gasteiger partial charge in [-0.05, 0) is 115 Å². The molecule has 0 saturated heterocycles. The van der Waals surface area contributed by atoms with Crippen molar-refractivity contribution in [1.82, 2.24) is 0 Å². The highest BCUT2D eigenvalue weighted by Gasteiger charge is 2.33. The van der Waals surface area contributed by atoms with Crippen molar-refractivity contribution < 1.29 is 14.3 Å². The van der Waals surface area contributed by atoms with Gasteiger partial charge >= 0.3 is 0 Å². The third-order valence-electron chi connectivity index (χ3n) is 10.5. The number of allylic oxidation sites excluding steroid dienone is 1. The van der Waals surface area contributed by atoms with Crippen LogP contribution in [0.3, 0.4) is 0 Å². The average Bonchev–Trinajstić information content (AvgIpc) is 3.11. The van der Waals surface area contributed by atoms with Crippen LogP contribution in [-0.2, 0) is 28.9 Å². The fourth-order valence-electron chi connectivity index (χ4n) is 7.20. The monoisotopic (exact) mass is 734 g/mol. The molecule has 3 aromatic rings. The van der Waals surface area contributed by atoms with Crippen molar-refractivity contribution in [3.8, 4) is 5.75 Å². The van der Waals surface area contributed by atoms with Crippen molar-refractivity contribution in [2.75, 3.05) is 6.54 Å². The first-order valence-corrected chi connectivity index (χ1v) is 20.6. The Bertz CT molecular complexity index is 1630. The standard InChI is InChI=1S/C50H71NO3/c1-37(43-27-22-40(23-28-43)18-14-10-12-16-20-45(52)32-33-51)34-42-26-31-48(38(2)35-42)54-39(3)44-29-24-41(25-30-44)19-15-11-13-17-21-47(53)46(50(7,8)9)36-49(4,5)6/h22-31,35,46H,1,3,10-21,32-34,36,51H2,2,4-9H3. The maximum absolute atomic E-state index is 13.1. The summed E-state index contributed by atoms with van der Waals surface area (Å²) < 4.78 is 6.25. The van der Waals surface area contributed by atoms with Gasteiger partial charge in [-0.15, -0.1) is 0 Å². The molecule has 0 spiro atoms. The van der Waals surface area contributed by atoms with E-state index in [0.717, 1.165) is 99.5 Å². The lowest BCUT2D eigenvalue weighted by atomic mass is 9.69. The van der Waals surface area contributed by atoms with Gasteiger partial charge in [0.25, 0.3) is 0 Å². The van der Waals surface area contributed by atoms with Crippen molar-refractivity contribution in [3.63, 3.8) is 0 Å². The number of unbranched alkanes of at least 4 members (excludes halogenated alkanes) is 6. The highest BCUT2D eigenvalue weighted by Crippen LogP contribution is 2.37. The summed E-state index contributed by atoms with van der Waals surface area (Å²) in [6.45, 7) is 24.5. The highest BCUT2D eigenvalue weighted by molar-refractivity contribution is 5.81. The van der Waals surface area contributed by atoms with Gasteiger partial charge in [0.1, 0.15) is 23.1 Å². The predicted octanol–water partition coefficient (Wildman–Crippen LogP) is 12.9. The van der Waals surface area contributed by atoms with E-state index in [1.54, 1.807) is 0 Å². The molecular formula is C50H71NO3. The van der Waals surface area contributed by atoms with Gasteiger partial charge in [-0.3, -0.25) is 9.59 Å². The number of Topliss-reactive ketones (excluding diaryl/α,β-unsaturated/α-hetero) is 2. The molecular weight excluding hydrogens is 663 g/mol. The van der Waals surface area contributed by atoms with E-state index in [4.69, 9.17) is 10.5 Å². The zero-order chi connectivity index (χ0) is 39.7. The topological polar surface area (TPSA) is 69.4 Å². The molecule has 4 nitrogen and oxygen atoms in total. The van der Waals surface area contributed by atoms with Crippen LogP contribution in [-0.4, -0.2) is 18.1 Å². The molecule has 0 heterocycles. The van der Waals surface area contributed by atoms with E-state index in [2.05, 4.69) is 122 Å². The molecule has 0 aliphatic rings. The summed E-state index contributed by atoms with van der Waals surface area (Å²) in [5, 5.41) is 0. The molecule has 4 heteroatoms. The van der Waals surface area contributed by atoms with E-state index < -0.39 is 0 Å². The van der Waals surface area contributed by atoms with Gasteiger partial charge in [-0.2, -0.15) is 0 Å². The van der Waals surface area contributed by atoms with Crippen molar-refractivity contribution in [2.24, 2.45) is 22.5 Å². The van der Waals surface area contributed by atoms with Gasteiger partial charge < -0.3 is 10.5 Å². The third kappa shape index (κ3) is 16.3. The minimum absolute atomic E-state index is 0.0130. The zero-order valence-corrected chi connectivity index (χ0v) is 35.0. The number of rotatable bonds is 24. The Morgan fingerprint density at radius 2 is 1.19 bits per heavy atom. The molecule has 1 atom stereocenters. The third-order valence-corrected chi connectivity index (χ3v) is 10.5. The molecule has 2 N–H and O–H groups in total. The van der Waals surface area contributed by atoms with Crippen LogP contribution >= 0.6 is 0 Å². The van der Waals surface area contributed by atoms with Crippen LogP contribution in [0.4, 0.5) is 0 Å². The van der Waals surface area contributed by atoms with Crippen molar-refractivity contribution in [1.29, 1.82) is 0 Å². The largest absolute Gasteiger partial charge is 0.457 e. The lowest BCUT2D eigenvalue weighted by molar-refractivity contribution is -0.127. The summed E-state index contributed by atoms with van der Waals surface area (Å²) in [7, 11) is 0. The van der Waals surface area contributed by atoms with Crippen LogP contribution < -0.4 is 10.5 Å². The number of nitrogens with two attached hydrogens (primary N) is 1. The van der Waals surface area contributed by atoms with Gasteiger partial charge in [0.2, 0.25) is 0 Å². The first-order valence-electron chi connectivity index (χ1n) is 20.6. The van der Waals surface area contributed by atoms with Crippen molar-refractivity contribution in [3.05, 3.63) is 113 Å². The second kappa shape index (κ2) is 22.0. The Morgan fingerprint density at radius 3 is 1.70 bits per heavy atom. The maximum Gasteiger partial charge on any atom is 0.136 e. The number of ether oxygens (including phenoxy) is 1. The summed E-state index contributed by atoms with van der Waals surface area (Å²) in [6, 6.07) is 23.7. The first kappa shape index (κ1) is 44.6. The van der Waals surface area contributed by atoms with Crippen LogP contribution in [0, 0.1) is 23.7 Å². The van der Waals surface area contributed by atoms with E-state index in [0.29, 0.717) is 37.3 Å². The van der Waals surface area contributed by atoms with Gasteiger partial charge in [0, 0.05) is 30.7 Å². The lowest BCUT2D eigenvalue weighted by Gasteiger charge is -2.34. The average molecular weight is 734 g/mol. The van der Waals surface area contributed by atoms with Gasteiger partial charge in [-0.1, -0.05) is 141 Å². The summed E-state index contributed by atoms with van der Waals surface area (Å²) in [6.07, 6.45) is 14.4. The molecule has 294 valence electrons. The normalized spacial score (nSPS) is 12.4. The zero-order valence-electron chi connectivity index (χ0n) is 35.0. The smallest absolute Gasteiger partial charge is 0.136 e. The van der Waals surface area contributed by atoms with Gasteiger partial charge in [0.15, 0.2) is 0 Å². The van der Waals surface area contributed by atoms with Crippen LogP contribution in [0.1, 0.15) is 152 Å². The molecule has 54 heavy (non-hydrogen) atoms. The number of aryl methyl sites for hydroxylation is 3. The Kier molecular flexibility index (Phi) is 18.1. The molecule has 0 bridgehead atoms. The summed E-state index contributed by atoms with van der Waals surface area (Å²) in [5.74, 6) is 2.32. The Labute approximate surface area is 329 Å². The number of carbonyl (C=O) groups excluding carboxylic acids is 2. The minimum Gasteiger partial charge on any atom is -0.457 e. The number of benzene rings is 3. The second-order valence-electron chi connectivity index (χ2n) is 17.9. The summed E-state index contributed by atoms with van der Waals surface area (Å²) in [4.78, 5) is 24.7. The van der Waals surface area contributed by atoms with E-state index in [9.17, 15) is 9.59 Å². The van der Waals surface area contributed by atoms with Crippen LogP contribution in [0.2, 0.25) is 0 Å². The van der Waals surface area contributed by atoms with Crippen molar-refractivity contribution in [2.45, 2.75) is 145 Å². The molecule has 0 aliphatic carbocycles. The number of hydrogen-bond acceptors (Lipinski definition) is 4. The van der Waals surface area contributed by atoms with E-state index in [1.807, 2.05) is 6.07 Å². The molecule has 3 aromatic carbocycles. The Hall–Kier alpha value is -3.76. The Morgan fingerprint density at radius 1 is 0.667 bits per heavy atom. The van der Waals surface area contributed by atoms with Crippen LogP contribution in [0.5, 0.6) is 5.75 Å². The molecule has 0 aromatic heterocycles. The summed E-state index contributed by atoms with van der Waals surface area (Å²) >= 11 is 0. The molecule has 1 unspecified atom stereocenters. The lowest BCUT2D eigenvalue weighted by Crippen LogP contribution is -2.32. The Balaban J connectivity index is 1.38. The highest BCUT2D eigenvalue weighted by atomic mass is 16.5. The SMILES string of the molecule is C=C(Cc1ccc(OC(=C)c2ccc(CCCCCCC(=O)C(CC(C)(C)C)C(C)(C)C)cc2)c(C)c1)c1ccc(CCCCCCC(=O)CCN)cc1. The van der Waals surface area contributed by atoms with E-state index in [1.165, 1.54) is 22.3 Å². The molecule has 0 aliphatic heterocycles. The minimum atomic E-state index is 0.0130.